The molecule has 1 aliphatic rings. The van der Waals surface area contributed by atoms with Gasteiger partial charge in [0, 0.05) is 17.9 Å². The number of carboxylic acids is 1. The molecule has 1 heterocycles. The fourth-order valence-corrected chi connectivity index (χ4v) is 4.69. The molecule has 1 fully saturated rings. The standard InChI is InChI=1S/C25H31N3O3/c1-23(2,26)24(3,28-13-12-27-17-28)20-8-6-19-15-21(9-7-18(19)14-20)31-16-25(22(29)30)10-4-5-11-25/h6-9,12-15,17H,4-5,10-11,16,26H2,1-3H3,(H,29,30). The van der Waals surface area contributed by atoms with Crippen LogP contribution in [0.5, 0.6) is 5.75 Å². The van der Waals surface area contributed by atoms with Crippen molar-refractivity contribution in [2.75, 3.05) is 6.61 Å². The molecule has 1 unspecified atom stereocenters. The van der Waals surface area contributed by atoms with Crippen molar-refractivity contribution in [1.82, 2.24) is 9.55 Å². The van der Waals surface area contributed by atoms with E-state index in [0.717, 1.165) is 29.2 Å². The van der Waals surface area contributed by atoms with Crippen LogP contribution in [-0.4, -0.2) is 32.8 Å². The number of aliphatic carboxylic acids is 1. The summed E-state index contributed by atoms with van der Waals surface area (Å²) >= 11 is 0. The quantitative estimate of drug-likeness (QED) is 0.584. The van der Waals surface area contributed by atoms with Gasteiger partial charge in [-0.05, 0) is 68.1 Å². The van der Waals surface area contributed by atoms with E-state index in [0.29, 0.717) is 18.6 Å². The Kier molecular flexibility index (Phi) is 5.30. The van der Waals surface area contributed by atoms with Gasteiger partial charge in [-0.3, -0.25) is 4.79 Å². The highest BCUT2D eigenvalue weighted by atomic mass is 16.5. The molecule has 6 heteroatoms. The molecule has 3 aromatic rings. The Morgan fingerprint density at radius 1 is 1.16 bits per heavy atom. The van der Waals surface area contributed by atoms with Crippen molar-refractivity contribution in [3.8, 4) is 5.75 Å². The van der Waals surface area contributed by atoms with Gasteiger partial charge in [-0.25, -0.2) is 4.98 Å². The number of fused-ring (bicyclic) bond motifs is 1. The van der Waals surface area contributed by atoms with Gasteiger partial charge in [0.05, 0.1) is 11.9 Å². The number of nitrogens with two attached hydrogens (primary N) is 1. The van der Waals surface area contributed by atoms with Gasteiger partial charge in [-0.2, -0.15) is 0 Å². The first-order valence-corrected chi connectivity index (χ1v) is 10.8. The highest BCUT2D eigenvalue weighted by Gasteiger charge is 2.43. The van der Waals surface area contributed by atoms with Crippen LogP contribution in [0.2, 0.25) is 0 Å². The Balaban J connectivity index is 1.63. The molecule has 2 aromatic carbocycles. The molecule has 31 heavy (non-hydrogen) atoms. The molecule has 1 aromatic heterocycles. The lowest BCUT2D eigenvalue weighted by atomic mass is 9.75. The topological polar surface area (TPSA) is 90.4 Å². The zero-order valence-corrected chi connectivity index (χ0v) is 18.5. The lowest BCUT2D eigenvalue weighted by molar-refractivity contribution is -0.150. The van der Waals surface area contributed by atoms with Gasteiger partial charge in [-0.15, -0.1) is 0 Å². The predicted octanol–water partition coefficient (Wildman–Crippen LogP) is 4.56. The molecule has 0 saturated heterocycles. The Hall–Kier alpha value is -2.86. The third kappa shape index (κ3) is 3.69. The molecule has 1 atom stereocenters. The van der Waals surface area contributed by atoms with Crippen LogP contribution >= 0.6 is 0 Å². The molecule has 6 nitrogen and oxygen atoms in total. The number of carboxylic acid groups (broad SMARTS) is 1. The van der Waals surface area contributed by atoms with Crippen molar-refractivity contribution < 1.29 is 14.6 Å². The summed E-state index contributed by atoms with van der Waals surface area (Å²) in [5.41, 5.74) is 5.95. The van der Waals surface area contributed by atoms with Crippen molar-refractivity contribution in [2.24, 2.45) is 11.1 Å². The number of hydrogen-bond donors (Lipinski definition) is 2. The predicted molar refractivity (Wildman–Crippen MR) is 121 cm³/mol. The Morgan fingerprint density at radius 2 is 1.84 bits per heavy atom. The van der Waals surface area contributed by atoms with Crippen molar-refractivity contribution in [3.63, 3.8) is 0 Å². The Bertz CT molecular complexity index is 1080. The lowest BCUT2D eigenvalue weighted by Crippen LogP contribution is -2.56. The molecular formula is C25H31N3O3. The first-order valence-electron chi connectivity index (χ1n) is 10.8. The second kappa shape index (κ2) is 7.68. The highest BCUT2D eigenvalue weighted by Crippen LogP contribution is 2.40. The number of nitrogens with zero attached hydrogens (tertiary/aromatic N) is 2. The molecule has 1 saturated carbocycles. The highest BCUT2D eigenvalue weighted by molar-refractivity contribution is 5.85. The van der Waals surface area contributed by atoms with E-state index >= 15 is 0 Å². The molecule has 0 bridgehead atoms. The summed E-state index contributed by atoms with van der Waals surface area (Å²) < 4.78 is 8.01. The molecule has 0 amide bonds. The van der Waals surface area contributed by atoms with Gasteiger partial charge >= 0.3 is 5.97 Å². The van der Waals surface area contributed by atoms with E-state index in [1.807, 2.05) is 38.2 Å². The molecule has 4 rings (SSSR count). The molecule has 0 spiro atoms. The first kappa shape index (κ1) is 21.4. The third-order valence-electron chi connectivity index (χ3n) is 7.18. The number of benzene rings is 2. The zero-order valence-electron chi connectivity index (χ0n) is 18.5. The summed E-state index contributed by atoms with van der Waals surface area (Å²) in [4.78, 5) is 16.0. The van der Waals surface area contributed by atoms with Gasteiger partial charge < -0.3 is 20.1 Å². The maximum atomic E-state index is 11.8. The van der Waals surface area contributed by atoms with Crippen molar-refractivity contribution >= 4 is 16.7 Å². The minimum absolute atomic E-state index is 0.214. The van der Waals surface area contributed by atoms with Crippen LogP contribution < -0.4 is 10.5 Å². The van der Waals surface area contributed by atoms with E-state index in [1.165, 1.54) is 0 Å². The maximum absolute atomic E-state index is 11.8. The van der Waals surface area contributed by atoms with Gasteiger partial charge in [0.25, 0.3) is 0 Å². The Morgan fingerprint density at radius 3 is 2.45 bits per heavy atom. The molecule has 0 aliphatic heterocycles. The minimum atomic E-state index is -0.752. The van der Waals surface area contributed by atoms with Crippen LogP contribution in [-0.2, 0) is 10.3 Å². The average Bonchev–Trinajstić information content (AvgIpc) is 3.43. The fourth-order valence-electron chi connectivity index (χ4n) is 4.69. The normalized spacial score (nSPS) is 18.1. The van der Waals surface area contributed by atoms with Crippen molar-refractivity contribution in [1.29, 1.82) is 0 Å². The Labute approximate surface area is 183 Å². The second-order valence-electron chi connectivity index (χ2n) is 9.57. The van der Waals surface area contributed by atoms with E-state index in [2.05, 4.69) is 34.7 Å². The second-order valence-corrected chi connectivity index (χ2v) is 9.57. The van der Waals surface area contributed by atoms with Gasteiger partial charge in [0.2, 0.25) is 0 Å². The monoisotopic (exact) mass is 421 g/mol. The van der Waals surface area contributed by atoms with Gasteiger partial charge in [-0.1, -0.05) is 31.0 Å². The van der Waals surface area contributed by atoms with Crippen LogP contribution in [0.15, 0.2) is 55.1 Å². The smallest absolute Gasteiger partial charge is 0.313 e. The van der Waals surface area contributed by atoms with Crippen LogP contribution in [0.1, 0.15) is 52.0 Å². The average molecular weight is 422 g/mol. The van der Waals surface area contributed by atoms with Gasteiger partial charge in [0.15, 0.2) is 0 Å². The SMILES string of the molecule is CC(C)(N)C(C)(c1ccc2cc(OCC3(C(=O)O)CCCC3)ccc2c1)n1ccnc1. The summed E-state index contributed by atoms with van der Waals surface area (Å²) in [5.74, 6) is -0.0529. The van der Waals surface area contributed by atoms with Gasteiger partial charge in [0.1, 0.15) is 17.8 Å². The number of carbonyl (C=O) groups is 1. The molecular weight excluding hydrogens is 390 g/mol. The summed E-state index contributed by atoms with van der Waals surface area (Å²) in [5, 5.41) is 11.8. The number of imidazole rings is 1. The van der Waals surface area contributed by atoms with E-state index in [-0.39, 0.29) is 6.61 Å². The lowest BCUT2D eigenvalue weighted by Gasteiger charge is -2.43. The van der Waals surface area contributed by atoms with E-state index < -0.39 is 22.5 Å². The number of hydrogen-bond acceptors (Lipinski definition) is 4. The van der Waals surface area contributed by atoms with Crippen molar-refractivity contribution in [2.45, 2.75) is 57.5 Å². The number of aromatic nitrogens is 2. The van der Waals surface area contributed by atoms with Crippen LogP contribution in [0.4, 0.5) is 0 Å². The van der Waals surface area contributed by atoms with Crippen LogP contribution in [0.25, 0.3) is 10.8 Å². The van der Waals surface area contributed by atoms with Crippen molar-refractivity contribution in [3.05, 3.63) is 60.7 Å². The molecule has 3 N–H and O–H groups in total. The number of ether oxygens (including phenoxy) is 1. The maximum Gasteiger partial charge on any atom is 0.313 e. The summed E-state index contributed by atoms with van der Waals surface area (Å²) in [6.07, 6.45) is 8.77. The first-order chi connectivity index (χ1) is 14.7. The van der Waals surface area contributed by atoms with Crippen LogP contribution in [0, 0.1) is 5.41 Å². The zero-order chi connectivity index (χ0) is 22.3. The van der Waals surface area contributed by atoms with E-state index in [4.69, 9.17) is 10.5 Å². The molecule has 164 valence electrons. The van der Waals surface area contributed by atoms with E-state index in [1.54, 1.807) is 12.5 Å². The van der Waals surface area contributed by atoms with Crippen LogP contribution in [0.3, 0.4) is 0 Å². The third-order valence-corrected chi connectivity index (χ3v) is 7.18. The largest absolute Gasteiger partial charge is 0.492 e. The molecule has 0 radical (unpaired) electrons. The fraction of sp³-hybridized carbons (Fsp3) is 0.440. The minimum Gasteiger partial charge on any atom is -0.492 e. The molecule has 1 aliphatic carbocycles. The number of rotatable bonds is 7. The van der Waals surface area contributed by atoms with E-state index in [9.17, 15) is 9.90 Å². The summed E-state index contributed by atoms with van der Waals surface area (Å²) in [6.45, 7) is 6.39. The summed E-state index contributed by atoms with van der Waals surface area (Å²) in [6, 6.07) is 12.2. The summed E-state index contributed by atoms with van der Waals surface area (Å²) in [7, 11) is 0.